The van der Waals surface area contributed by atoms with E-state index in [4.69, 9.17) is 11.6 Å². The Bertz CT molecular complexity index is 1300. The highest BCUT2D eigenvalue weighted by molar-refractivity contribution is 7.94. The summed E-state index contributed by atoms with van der Waals surface area (Å²) in [5.41, 5.74) is 0.772. The SMILES string of the molecule is O=C(Nc1nnc(S(=O)(=O)Nc2ccc3ccccc3c2)s1)c1ccc(Cl)cc1. The highest BCUT2D eigenvalue weighted by Crippen LogP contribution is 2.25. The van der Waals surface area contributed by atoms with Gasteiger partial charge >= 0.3 is 0 Å². The van der Waals surface area contributed by atoms with E-state index in [-0.39, 0.29) is 9.47 Å². The lowest BCUT2D eigenvalue weighted by molar-refractivity contribution is 0.102. The zero-order valence-electron chi connectivity index (χ0n) is 14.7. The van der Waals surface area contributed by atoms with E-state index in [9.17, 15) is 13.2 Å². The summed E-state index contributed by atoms with van der Waals surface area (Å²) in [6.45, 7) is 0. The Balaban J connectivity index is 1.51. The van der Waals surface area contributed by atoms with E-state index in [1.807, 2.05) is 30.3 Å². The lowest BCUT2D eigenvalue weighted by atomic mass is 10.1. The molecule has 1 aromatic heterocycles. The first kappa shape index (κ1) is 19.3. The van der Waals surface area contributed by atoms with Crippen LogP contribution >= 0.6 is 22.9 Å². The van der Waals surface area contributed by atoms with E-state index in [0.29, 0.717) is 16.3 Å². The fourth-order valence-electron chi connectivity index (χ4n) is 2.59. The number of benzene rings is 3. The minimum atomic E-state index is -3.94. The summed E-state index contributed by atoms with van der Waals surface area (Å²) in [5.74, 6) is -0.441. The molecule has 29 heavy (non-hydrogen) atoms. The molecule has 146 valence electrons. The van der Waals surface area contributed by atoms with E-state index in [0.717, 1.165) is 22.1 Å². The van der Waals surface area contributed by atoms with Crippen LogP contribution in [0.25, 0.3) is 10.8 Å². The minimum absolute atomic E-state index is 0.0730. The van der Waals surface area contributed by atoms with Crippen LogP contribution in [0.2, 0.25) is 5.02 Å². The standard InChI is InChI=1S/C19H13ClN4O3S2/c20-15-8-5-13(6-9-15)17(25)21-18-22-23-19(28-18)29(26,27)24-16-10-7-12-3-1-2-4-14(12)11-16/h1-11,24H,(H,21,22,25). The number of nitrogens with zero attached hydrogens (tertiary/aromatic N) is 2. The van der Waals surface area contributed by atoms with Crippen LogP contribution in [0.4, 0.5) is 10.8 Å². The van der Waals surface area contributed by atoms with Crippen molar-refractivity contribution in [1.29, 1.82) is 0 Å². The van der Waals surface area contributed by atoms with Gasteiger partial charge in [-0.25, -0.2) is 0 Å². The lowest BCUT2D eigenvalue weighted by Gasteiger charge is -2.06. The number of sulfonamides is 1. The van der Waals surface area contributed by atoms with Crippen molar-refractivity contribution in [2.24, 2.45) is 0 Å². The average Bonchev–Trinajstić information content (AvgIpc) is 3.17. The van der Waals surface area contributed by atoms with Crippen molar-refractivity contribution in [1.82, 2.24) is 10.2 Å². The van der Waals surface area contributed by atoms with Crippen LogP contribution in [-0.2, 0) is 10.0 Å². The largest absolute Gasteiger partial charge is 0.296 e. The van der Waals surface area contributed by atoms with Crippen molar-refractivity contribution in [3.63, 3.8) is 0 Å². The first-order valence-electron chi connectivity index (χ1n) is 8.33. The lowest BCUT2D eigenvalue weighted by Crippen LogP contribution is -2.12. The number of anilines is 2. The van der Waals surface area contributed by atoms with E-state index < -0.39 is 15.9 Å². The summed E-state index contributed by atoms with van der Waals surface area (Å²) < 4.78 is 27.5. The van der Waals surface area contributed by atoms with Crippen molar-refractivity contribution >= 4 is 60.5 Å². The van der Waals surface area contributed by atoms with E-state index >= 15 is 0 Å². The number of hydrogen-bond donors (Lipinski definition) is 2. The maximum atomic E-state index is 12.6. The van der Waals surface area contributed by atoms with Crippen LogP contribution in [0, 0.1) is 0 Å². The number of fused-ring (bicyclic) bond motifs is 1. The number of carbonyl (C=O) groups excluding carboxylic acids is 1. The molecule has 0 radical (unpaired) electrons. The molecule has 1 amide bonds. The topological polar surface area (TPSA) is 101 Å². The number of hydrogen-bond acceptors (Lipinski definition) is 6. The van der Waals surface area contributed by atoms with Crippen molar-refractivity contribution in [2.45, 2.75) is 4.34 Å². The summed E-state index contributed by atoms with van der Waals surface area (Å²) >= 11 is 6.56. The van der Waals surface area contributed by atoms with Gasteiger partial charge in [0.1, 0.15) is 0 Å². The molecule has 4 rings (SSSR count). The Morgan fingerprint density at radius 3 is 2.41 bits per heavy atom. The molecular weight excluding hydrogens is 432 g/mol. The first-order valence-corrected chi connectivity index (χ1v) is 11.0. The average molecular weight is 445 g/mol. The fraction of sp³-hybridized carbons (Fsp3) is 0. The number of halogens is 1. The third-order valence-electron chi connectivity index (χ3n) is 3.96. The Morgan fingerprint density at radius 1 is 0.931 bits per heavy atom. The number of amides is 1. The van der Waals surface area contributed by atoms with Crippen molar-refractivity contribution < 1.29 is 13.2 Å². The van der Waals surface area contributed by atoms with Gasteiger partial charge in [0.15, 0.2) is 0 Å². The predicted molar refractivity (Wildman–Crippen MR) is 114 cm³/mol. The summed E-state index contributed by atoms with van der Waals surface area (Å²) in [6, 6.07) is 19.1. The van der Waals surface area contributed by atoms with Gasteiger partial charge in [0.05, 0.1) is 0 Å². The van der Waals surface area contributed by atoms with E-state index in [2.05, 4.69) is 20.2 Å². The molecule has 10 heteroatoms. The summed E-state index contributed by atoms with van der Waals surface area (Å²) in [6.07, 6.45) is 0. The molecule has 0 aliphatic rings. The van der Waals surface area contributed by atoms with Crippen LogP contribution in [0.15, 0.2) is 71.1 Å². The number of rotatable bonds is 5. The Hall–Kier alpha value is -3.01. The van der Waals surface area contributed by atoms with Crippen LogP contribution in [0.3, 0.4) is 0 Å². The molecule has 7 nitrogen and oxygen atoms in total. The maximum Gasteiger partial charge on any atom is 0.291 e. The third-order valence-corrected chi connectivity index (χ3v) is 6.80. The van der Waals surface area contributed by atoms with Gasteiger partial charge in [0.25, 0.3) is 20.3 Å². The van der Waals surface area contributed by atoms with Crippen LogP contribution in [0.1, 0.15) is 10.4 Å². The van der Waals surface area contributed by atoms with Crippen molar-refractivity contribution in [3.05, 3.63) is 77.3 Å². The van der Waals surface area contributed by atoms with Gasteiger partial charge in [-0.05, 0) is 47.2 Å². The Morgan fingerprint density at radius 2 is 1.66 bits per heavy atom. The summed E-state index contributed by atoms with van der Waals surface area (Å²) in [4.78, 5) is 12.2. The summed E-state index contributed by atoms with van der Waals surface area (Å²) in [5, 5.41) is 12.4. The molecule has 0 saturated heterocycles. The monoisotopic (exact) mass is 444 g/mol. The normalized spacial score (nSPS) is 11.3. The van der Waals surface area contributed by atoms with Gasteiger partial charge in [-0.3, -0.25) is 14.8 Å². The Kier molecular flexibility index (Phi) is 5.18. The van der Waals surface area contributed by atoms with Crippen LogP contribution in [0.5, 0.6) is 0 Å². The van der Waals surface area contributed by atoms with Crippen LogP contribution in [-0.4, -0.2) is 24.5 Å². The van der Waals surface area contributed by atoms with Crippen molar-refractivity contribution in [3.8, 4) is 0 Å². The second kappa shape index (κ2) is 7.78. The number of nitrogens with one attached hydrogen (secondary N) is 2. The van der Waals surface area contributed by atoms with Gasteiger partial charge in [-0.2, -0.15) is 8.42 Å². The molecule has 0 spiro atoms. The summed E-state index contributed by atoms with van der Waals surface area (Å²) in [7, 11) is -3.94. The zero-order valence-corrected chi connectivity index (χ0v) is 17.1. The number of carbonyl (C=O) groups is 1. The van der Waals surface area contributed by atoms with Gasteiger partial charge in [-0.15, -0.1) is 10.2 Å². The van der Waals surface area contributed by atoms with Gasteiger partial charge in [0.2, 0.25) is 5.13 Å². The molecule has 0 aliphatic heterocycles. The van der Waals surface area contributed by atoms with Crippen molar-refractivity contribution in [2.75, 3.05) is 10.0 Å². The molecule has 0 bridgehead atoms. The predicted octanol–water partition coefficient (Wildman–Crippen LogP) is 4.40. The molecule has 0 fully saturated rings. The molecule has 1 heterocycles. The molecule has 3 aromatic carbocycles. The quantitative estimate of drug-likeness (QED) is 0.444. The fourth-order valence-corrected chi connectivity index (χ4v) is 4.66. The molecule has 4 aromatic rings. The van der Waals surface area contributed by atoms with Crippen LogP contribution < -0.4 is 10.0 Å². The smallest absolute Gasteiger partial charge is 0.291 e. The van der Waals surface area contributed by atoms with E-state index in [1.165, 1.54) is 0 Å². The number of aromatic nitrogens is 2. The third kappa shape index (κ3) is 4.37. The second-order valence-corrected chi connectivity index (χ2v) is 9.27. The molecule has 2 N–H and O–H groups in total. The Labute approximate surface area is 175 Å². The maximum absolute atomic E-state index is 12.6. The first-order chi connectivity index (χ1) is 13.9. The van der Waals surface area contributed by atoms with Gasteiger partial charge < -0.3 is 0 Å². The highest BCUT2D eigenvalue weighted by atomic mass is 35.5. The molecule has 0 unspecified atom stereocenters. The molecule has 0 aliphatic carbocycles. The zero-order chi connectivity index (χ0) is 20.4. The second-order valence-electron chi connectivity index (χ2n) is 6.00. The molecular formula is C19H13ClN4O3S2. The minimum Gasteiger partial charge on any atom is -0.296 e. The van der Waals surface area contributed by atoms with Gasteiger partial charge in [0, 0.05) is 16.3 Å². The molecule has 0 atom stereocenters. The van der Waals surface area contributed by atoms with Gasteiger partial charge in [-0.1, -0.05) is 53.3 Å². The van der Waals surface area contributed by atoms with E-state index in [1.54, 1.807) is 36.4 Å². The highest BCUT2D eigenvalue weighted by Gasteiger charge is 2.21. The molecule has 0 saturated carbocycles.